The molecule has 138 valence electrons. The number of phenolic OH excluding ortho intramolecular Hbond substituents is 1. The first-order chi connectivity index (χ1) is 12.2. The Labute approximate surface area is 152 Å². The third-order valence-corrected chi connectivity index (χ3v) is 4.05. The summed E-state index contributed by atoms with van der Waals surface area (Å²) in [4.78, 5) is 22.5. The molecule has 0 heterocycles. The third-order valence-electron chi connectivity index (χ3n) is 4.05. The Bertz CT molecular complexity index is 805. The monoisotopic (exact) mass is 357 g/mol. The number of nitrogens with zero attached hydrogens (tertiary/aromatic N) is 1. The Hall–Kier alpha value is -3.09. The van der Waals surface area contributed by atoms with Crippen LogP contribution in [0.15, 0.2) is 36.4 Å². The van der Waals surface area contributed by atoms with Crippen LogP contribution in [-0.2, 0) is 0 Å². The van der Waals surface area contributed by atoms with Crippen molar-refractivity contribution in [3.05, 3.63) is 57.6 Å². The number of para-hydroxylation sites is 1. The average Bonchev–Trinajstić information content (AvgIpc) is 2.56. The summed E-state index contributed by atoms with van der Waals surface area (Å²) in [6.07, 6.45) is 0. The largest absolute Gasteiger partial charge is 0.506 e. The molecular weight excluding hydrogens is 334 g/mol. The van der Waals surface area contributed by atoms with Gasteiger partial charge in [0.15, 0.2) is 0 Å². The SMILES string of the molecule is CC(C)c1cccc(C(C)C)c1NC(=O)Nc1ccc([N+](=O)[O-])cc1O. The molecule has 0 bridgehead atoms. The maximum absolute atomic E-state index is 12.4. The Morgan fingerprint density at radius 1 is 1.04 bits per heavy atom. The van der Waals surface area contributed by atoms with E-state index in [2.05, 4.69) is 10.6 Å². The summed E-state index contributed by atoms with van der Waals surface area (Å²) in [5, 5.41) is 26.0. The molecule has 0 radical (unpaired) electrons. The molecular formula is C19H23N3O4. The van der Waals surface area contributed by atoms with E-state index in [9.17, 15) is 20.0 Å². The van der Waals surface area contributed by atoms with Gasteiger partial charge in [-0.3, -0.25) is 10.1 Å². The summed E-state index contributed by atoms with van der Waals surface area (Å²) in [5.41, 5.74) is 2.62. The molecule has 2 amide bonds. The first-order valence-corrected chi connectivity index (χ1v) is 8.39. The van der Waals surface area contributed by atoms with Crippen LogP contribution in [0, 0.1) is 10.1 Å². The predicted octanol–water partition coefficient (Wildman–Crippen LogP) is 5.19. The van der Waals surface area contributed by atoms with Crippen LogP contribution in [0.4, 0.5) is 21.9 Å². The molecule has 0 unspecified atom stereocenters. The lowest BCUT2D eigenvalue weighted by atomic mass is 9.93. The van der Waals surface area contributed by atoms with Gasteiger partial charge in [-0.25, -0.2) is 4.79 Å². The molecule has 7 nitrogen and oxygen atoms in total. The summed E-state index contributed by atoms with van der Waals surface area (Å²) >= 11 is 0. The molecule has 0 aliphatic carbocycles. The van der Waals surface area contributed by atoms with E-state index < -0.39 is 11.0 Å². The number of nitro benzene ring substituents is 1. The molecule has 0 saturated carbocycles. The second-order valence-electron chi connectivity index (χ2n) is 6.66. The van der Waals surface area contributed by atoms with E-state index >= 15 is 0 Å². The standard InChI is InChI=1S/C19H23N3O4/c1-11(2)14-6-5-7-15(12(3)4)18(14)21-19(24)20-16-9-8-13(22(25)26)10-17(16)23/h5-12,23H,1-4H3,(H2,20,21,24). The van der Waals surface area contributed by atoms with Crippen molar-refractivity contribution in [3.63, 3.8) is 0 Å². The van der Waals surface area contributed by atoms with Crippen LogP contribution in [0.2, 0.25) is 0 Å². The van der Waals surface area contributed by atoms with Crippen molar-refractivity contribution in [1.82, 2.24) is 0 Å². The van der Waals surface area contributed by atoms with Crippen LogP contribution in [0.25, 0.3) is 0 Å². The normalized spacial score (nSPS) is 10.8. The fourth-order valence-corrected chi connectivity index (χ4v) is 2.70. The van der Waals surface area contributed by atoms with Gasteiger partial charge >= 0.3 is 6.03 Å². The predicted molar refractivity (Wildman–Crippen MR) is 102 cm³/mol. The number of benzene rings is 2. The van der Waals surface area contributed by atoms with Crippen LogP contribution in [0.1, 0.15) is 50.7 Å². The van der Waals surface area contributed by atoms with Crippen molar-refractivity contribution in [1.29, 1.82) is 0 Å². The lowest BCUT2D eigenvalue weighted by molar-refractivity contribution is -0.384. The average molecular weight is 357 g/mol. The van der Waals surface area contributed by atoms with Crippen LogP contribution in [-0.4, -0.2) is 16.1 Å². The zero-order chi connectivity index (χ0) is 19.4. The number of carbonyl (C=O) groups is 1. The molecule has 3 N–H and O–H groups in total. The number of carbonyl (C=O) groups excluding carboxylic acids is 1. The van der Waals surface area contributed by atoms with Crippen LogP contribution < -0.4 is 10.6 Å². The summed E-state index contributed by atoms with van der Waals surface area (Å²) in [6, 6.07) is 8.89. The Kier molecular flexibility index (Phi) is 5.82. The summed E-state index contributed by atoms with van der Waals surface area (Å²) in [5.74, 6) is 0.0733. The van der Waals surface area contributed by atoms with Crippen LogP contribution in [0.3, 0.4) is 0 Å². The van der Waals surface area contributed by atoms with Gasteiger partial charge in [-0.05, 0) is 29.0 Å². The smallest absolute Gasteiger partial charge is 0.323 e. The highest BCUT2D eigenvalue weighted by Gasteiger charge is 2.17. The minimum atomic E-state index is -0.614. The fourth-order valence-electron chi connectivity index (χ4n) is 2.70. The third kappa shape index (κ3) is 4.30. The van der Waals surface area contributed by atoms with Gasteiger partial charge in [-0.2, -0.15) is 0 Å². The lowest BCUT2D eigenvalue weighted by Crippen LogP contribution is -2.21. The van der Waals surface area contributed by atoms with Crippen molar-refractivity contribution in [2.75, 3.05) is 10.6 Å². The van der Waals surface area contributed by atoms with Crippen LogP contribution in [0.5, 0.6) is 5.75 Å². The molecule has 2 aromatic rings. The number of urea groups is 1. The van der Waals surface area contributed by atoms with Gasteiger partial charge in [0.25, 0.3) is 5.69 Å². The number of aromatic hydroxyl groups is 1. The van der Waals surface area contributed by atoms with Crippen molar-refractivity contribution in [2.45, 2.75) is 39.5 Å². The van der Waals surface area contributed by atoms with Gasteiger partial charge in [0.05, 0.1) is 16.7 Å². The topological polar surface area (TPSA) is 104 Å². The van der Waals surface area contributed by atoms with Gasteiger partial charge in [-0.15, -0.1) is 0 Å². The van der Waals surface area contributed by atoms with Gasteiger partial charge in [0.2, 0.25) is 0 Å². The summed E-state index contributed by atoms with van der Waals surface area (Å²) in [6.45, 7) is 8.19. The maximum atomic E-state index is 12.4. The Morgan fingerprint density at radius 3 is 2.08 bits per heavy atom. The first kappa shape index (κ1) is 19.2. The second kappa shape index (κ2) is 7.86. The minimum absolute atomic E-state index is 0.0984. The Morgan fingerprint density at radius 2 is 1.62 bits per heavy atom. The maximum Gasteiger partial charge on any atom is 0.323 e. The highest BCUT2D eigenvalue weighted by atomic mass is 16.6. The number of phenols is 1. The molecule has 2 aromatic carbocycles. The quantitative estimate of drug-likeness (QED) is 0.389. The van der Waals surface area contributed by atoms with Crippen molar-refractivity contribution in [2.24, 2.45) is 0 Å². The molecule has 0 aliphatic rings. The van der Waals surface area contributed by atoms with E-state index in [-0.39, 0.29) is 29.0 Å². The van der Waals surface area contributed by atoms with E-state index in [0.717, 1.165) is 22.9 Å². The second-order valence-corrected chi connectivity index (χ2v) is 6.66. The molecule has 0 aromatic heterocycles. The number of anilines is 2. The van der Waals surface area contributed by atoms with Crippen molar-refractivity contribution in [3.8, 4) is 5.75 Å². The van der Waals surface area contributed by atoms with Gasteiger partial charge in [-0.1, -0.05) is 45.9 Å². The molecule has 0 saturated heterocycles. The summed E-state index contributed by atoms with van der Waals surface area (Å²) < 4.78 is 0. The van der Waals surface area contributed by atoms with E-state index in [1.165, 1.54) is 12.1 Å². The number of nitrogens with one attached hydrogen (secondary N) is 2. The van der Waals surface area contributed by atoms with E-state index in [0.29, 0.717) is 0 Å². The molecule has 0 spiro atoms. The number of non-ortho nitro benzene ring substituents is 1. The van der Waals surface area contributed by atoms with Crippen molar-refractivity contribution >= 4 is 23.1 Å². The number of hydrogen-bond acceptors (Lipinski definition) is 4. The van der Waals surface area contributed by atoms with E-state index in [1.54, 1.807) is 0 Å². The van der Waals surface area contributed by atoms with Gasteiger partial charge in [0.1, 0.15) is 5.75 Å². The lowest BCUT2D eigenvalue weighted by Gasteiger charge is -2.20. The minimum Gasteiger partial charge on any atom is -0.506 e. The summed E-state index contributed by atoms with van der Waals surface area (Å²) in [7, 11) is 0. The van der Waals surface area contributed by atoms with Gasteiger partial charge < -0.3 is 15.7 Å². The van der Waals surface area contributed by atoms with E-state index in [4.69, 9.17) is 0 Å². The molecule has 0 atom stereocenters. The van der Waals surface area contributed by atoms with Crippen molar-refractivity contribution < 1.29 is 14.8 Å². The molecule has 7 heteroatoms. The first-order valence-electron chi connectivity index (χ1n) is 8.39. The zero-order valence-corrected chi connectivity index (χ0v) is 15.2. The highest BCUT2D eigenvalue weighted by molar-refractivity contribution is 6.01. The number of hydrogen-bond donors (Lipinski definition) is 3. The highest BCUT2D eigenvalue weighted by Crippen LogP contribution is 2.33. The molecule has 26 heavy (non-hydrogen) atoms. The molecule has 0 fully saturated rings. The van der Waals surface area contributed by atoms with Crippen LogP contribution >= 0.6 is 0 Å². The Balaban J connectivity index is 2.27. The molecule has 0 aliphatic heterocycles. The number of rotatable bonds is 5. The fraction of sp³-hybridized carbons (Fsp3) is 0.316. The van der Waals surface area contributed by atoms with Gasteiger partial charge in [0, 0.05) is 11.8 Å². The zero-order valence-electron chi connectivity index (χ0n) is 15.2. The number of amides is 2. The van der Waals surface area contributed by atoms with E-state index in [1.807, 2.05) is 45.9 Å². The molecule has 2 rings (SSSR count). The number of nitro groups is 1.